The molecule has 0 aromatic carbocycles. The average molecular weight is 176 g/mol. The highest BCUT2D eigenvalue weighted by Crippen LogP contribution is 2.29. The Bertz CT molecular complexity index is 135. The third-order valence-corrected chi connectivity index (χ3v) is 1.78. The lowest BCUT2D eigenvalue weighted by Gasteiger charge is -2.34. The van der Waals surface area contributed by atoms with Crippen molar-refractivity contribution in [3.8, 4) is 0 Å². The van der Waals surface area contributed by atoms with E-state index in [1.54, 1.807) is 6.92 Å². The summed E-state index contributed by atoms with van der Waals surface area (Å²) in [5.74, 6) is 0. The Labute approximate surface area is 74.0 Å². The van der Waals surface area contributed by atoms with Crippen LogP contribution in [0.1, 0.15) is 34.1 Å². The van der Waals surface area contributed by atoms with E-state index in [9.17, 15) is 10.2 Å². The lowest BCUT2D eigenvalue weighted by molar-refractivity contribution is -0.102. The second-order valence-corrected chi connectivity index (χ2v) is 4.79. The molecule has 0 fully saturated rings. The zero-order valence-corrected chi connectivity index (χ0v) is 8.33. The summed E-state index contributed by atoms with van der Waals surface area (Å²) in [7, 11) is 0. The van der Waals surface area contributed by atoms with Crippen molar-refractivity contribution in [3.05, 3.63) is 0 Å². The molecule has 2 atom stereocenters. The van der Waals surface area contributed by atoms with Gasteiger partial charge in [0.25, 0.3) is 0 Å². The van der Waals surface area contributed by atoms with Gasteiger partial charge in [-0.15, -0.1) is 0 Å². The Hall–Kier alpha value is -0.120. The van der Waals surface area contributed by atoms with Crippen LogP contribution in [0.4, 0.5) is 0 Å². The van der Waals surface area contributed by atoms with Gasteiger partial charge in [-0.1, -0.05) is 20.8 Å². The van der Waals surface area contributed by atoms with Crippen LogP contribution in [0.25, 0.3) is 0 Å². The van der Waals surface area contributed by atoms with Crippen molar-refractivity contribution in [2.45, 2.75) is 45.8 Å². The van der Waals surface area contributed by atoms with E-state index >= 15 is 0 Å². The van der Waals surface area contributed by atoms with Gasteiger partial charge in [0, 0.05) is 0 Å². The summed E-state index contributed by atoms with van der Waals surface area (Å²) in [5, 5.41) is 27.6. The molecule has 74 valence electrons. The molecule has 0 saturated heterocycles. The van der Waals surface area contributed by atoms with Crippen LogP contribution in [-0.2, 0) is 0 Å². The second-order valence-electron chi connectivity index (χ2n) is 4.79. The van der Waals surface area contributed by atoms with E-state index in [4.69, 9.17) is 5.11 Å². The van der Waals surface area contributed by atoms with Crippen molar-refractivity contribution in [1.29, 1.82) is 0 Å². The van der Waals surface area contributed by atoms with Gasteiger partial charge in [0.05, 0.1) is 12.2 Å². The van der Waals surface area contributed by atoms with Crippen LogP contribution >= 0.6 is 0 Å². The SMILES string of the molecule is CC(C)(C)CC(C)(O)C(O)CO. The molecule has 0 spiro atoms. The molecular formula is C9H20O3. The van der Waals surface area contributed by atoms with Crippen LogP contribution in [0.2, 0.25) is 0 Å². The van der Waals surface area contributed by atoms with Gasteiger partial charge in [-0.05, 0) is 18.8 Å². The monoisotopic (exact) mass is 176 g/mol. The van der Waals surface area contributed by atoms with E-state index < -0.39 is 18.3 Å². The third-order valence-electron chi connectivity index (χ3n) is 1.78. The first kappa shape index (κ1) is 11.9. The molecule has 0 rings (SSSR count). The van der Waals surface area contributed by atoms with Crippen molar-refractivity contribution in [2.75, 3.05) is 6.61 Å². The Morgan fingerprint density at radius 3 is 1.83 bits per heavy atom. The van der Waals surface area contributed by atoms with Gasteiger partial charge < -0.3 is 15.3 Å². The average Bonchev–Trinajstić information content (AvgIpc) is 1.80. The Morgan fingerprint density at radius 2 is 1.58 bits per heavy atom. The van der Waals surface area contributed by atoms with Gasteiger partial charge in [0.1, 0.15) is 6.10 Å². The second kappa shape index (κ2) is 3.73. The Balaban J connectivity index is 4.22. The fourth-order valence-corrected chi connectivity index (χ4v) is 1.39. The maximum atomic E-state index is 9.71. The maximum Gasteiger partial charge on any atom is 0.105 e. The van der Waals surface area contributed by atoms with Gasteiger partial charge in [-0.2, -0.15) is 0 Å². The molecule has 12 heavy (non-hydrogen) atoms. The molecule has 0 amide bonds. The van der Waals surface area contributed by atoms with Gasteiger partial charge in [0.2, 0.25) is 0 Å². The Morgan fingerprint density at radius 1 is 1.17 bits per heavy atom. The summed E-state index contributed by atoms with van der Waals surface area (Å²) in [6, 6.07) is 0. The van der Waals surface area contributed by atoms with Crippen LogP contribution in [0.3, 0.4) is 0 Å². The molecule has 0 aliphatic heterocycles. The van der Waals surface area contributed by atoms with Gasteiger partial charge in [-0.25, -0.2) is 0 Å². The first-order valence-electron chi connectivity index (χ1n) is 4.20. The minimum Gasteiger partial charge on any atom is -0.394 e. The number of rotatable bonds is 3. The number of aliphatic hydroxyl groups excluding tert-OH is 2. The van der Waals surface area contributed by atoms with Gasteiger partial charge >= 0.3 is 0 Å². The summed E-state index contributed by atoms with van der Waals surface area (Å²) in [6.07, 6.45) is -0.599. The van der Waals surface area contributed by atoms with E-state index in [2.05, 4.69) is 0 Å². The minimum absolute atomic E-state index is 0.0559. The van der Waals surface area contributed by atoms with E-state index in [1.807, 2.05) is 20.8 Å². The Kier molecular flexibility index (Phi) is 3.69. The summed E-state index contributed by atoms with van der Waals surface area (Å²) in [4.78, 5) is 0. The predicted octanol–water partition coefficient (Wildman–Crippen LogP) is 0.527. The molecule has 0 aliphatic rings. The summed E-state index contributed by atoms with van der Waals surface area (Å²) in [6.45, 7) is 7.07. The van der Waals surface area contributed by atoms with Crippen molar-refractivity contribution in [3.63, 3.8) is 0 Å². The number of hydrogen-bond donors (Lipinski definition) is 3. The summed E-state index contributed by atoms with van der Waals surface area (Å²) in [5.41, 5.74) is -1.26. The molecule has 2 unspecified atom stereocenters. The lowest BCUT2D eigenvalue weighted by Crippen LogP contribution is -2.44. The first-order chi connectivity index (χ1) is 5.19. The third kappa shape index (κ3) is 4.04. The quantitative estimate of drug-likeness (QED) is 0.587. The molecular weight excluding hydrogens is 156 g/mol. The molecule has 0 aromatic rings. The van der Waals surface area contributed by atoms with E-state index in [1.165, 1.54) is 0 Å². The molecule has 0 saturated carbocycles. The normalized spacial score (nSPS) is 20.2. The van der Waals surface area contributed by atoms with E-state index in [0.717, 1.165) is 0 Å². The molecule has 0 radical (unpaired) electrons. The predicted molar refractivity (Wildman–Crippen MR) is 47.8 cm³/mol. The minimum atomic E-state index is -1.20. The smallest absolute Gasteiger partial charge is 0.105 e. The fraction of sp³-hybridized carbons (Fsp3) is 1.00. The topological polar surface area (TPSA) is 60.7 Å². The molecule has 3 heteroatoms. The van der Waals surface area contributed by atoms with Gasteiger partial charge in [0.15, 0.2) is 0 Å². The highest BCUT2D eigenvalue weighted by atomic mass is 16.4. The standard InChI is InChI=1S/C9H20O3/c1-8(2,3)6-9(4,12)7(11)5-10/h7,10-12H,5-6H2,1-4H3. The lowest BCUT2D eigenvalue weighted by atomic mass is 9.80. The highest BCUT2D eigenvalue weighted by molar-refractivity contribution is 4.85. The van der Waals surface area contributed by atoms with Gasteiger partial charge in [-0.3, -0.25) is 0 Å². The maximum absolute atomic E-state index is 9.71. The zero-order valence-electron chi connectivity index (χ0n) is 8.33. The molecule has 0 aliphatic carbocycles. The van der Waals surface area contributed by atoms with Crippen molar-refractivity contribution in [2.24, 2.45) is 5.41 Å². The number of aliphatic hydroxyl groups is 3. The zero-order chi connectivity index (χ0) is 9.99. The molecule has 3 N–H and O–H groups in total. The summed E-state index contributed by atoms with van der Waals surface area (Å²) < 4.78 is 0. The molecule has 0 bridgehead atoms. The molecule has 0 aromatic heterocycles. The number of hydrogen-bond acceptors (Lipinski definition) is 3. The van der Waals surface area contributed by atoms with E-state index in [0.29, 0.717) is 6.42 Å². The molecule has 3 nitrogen and oxygen atoms in total. The van der Waals surface area contributed by atoms with E-state index in [-0.39, 0.29) is 5.41 Å². The van der Waals surface area contributed by atoms with Crippen LogP contribution in [0, 0.1) is 5.41 Å². The van der Waals surface area contributed by atoms with Crippen molar-refractivity contribution >= 4 is 0 Å². The highest BCUT2D eigenvalue weighted by Gasteiger charge is 2.33. The summed E-state index contributed by atoms with van der Waals surface area (Å²) >= 11 is 0. The largest absolute Gasteiger partial charge is 0.394 e. The van der Waals surface area contributed by atoms with Crippen LogP contribution in [-0.4, -0.2) is 33.6 Å². The van der Waals surface area contributed by atoms with Crippen LogP contribution < -0.4 is 0 Å². The molecule has 0 heterocycles. The van der Waals surface area contributed by atoms with Crippen LogP contribution in [0.15, 0.2) is 0 Å². The first-order valence-corrected chi connectivity index (χ1v) is 4.20. The van der Waals surface area contributed by atoms with Crippen molar-refractivity contribution < 1.29 is 15.3 Å². The van der Waals surface area contributed by atoms with Crippen molar-refractivity contribution in [1.82, 2.24) is 0 Å². The fourth-order valence-electron chi connectivity index (χ4n) is 1.39. The van der Waals surface area contributed by atoms with Crippen LogP contribution in [0.5, 0.6) is 0 Å².